The van der Waals surface area contributed by atoms with E-state index in [4.69, 9.17) is 0 Å². The molecule has 3 aliphatic heterocycles. The van der Waals surface area contributed by atoms with Gasteiger partial charge in [0, 0.05) is 25.0 Å². The molecule has 126 valence electrons. The first-order chi connectivity index (χ1) is 10.8. The summed E-state index contributed by atoms with van der Waals surface area (Å²) >= 11 is 2.72. The van der Waals surface area contributed by atoms with E-state index in [2.05, 4.69) is 45.3 Å². The van der Waals surface area contributed by atoms with Crippen LogP contribution in [0.4, 0.5) is 13.2 Å². The van der Waals surface area contributed by atoms with Crippen LogP contribution >= 0.6 is 15.9 Å². The average Bonchev–Trinajstić information content (AvgIpc) is 2.93. The Kier molecular flexibility index (Phi) is 4.35. The molecule has 0 spiro atoms. The monoisotopic (exact) mass is 389 g/mol. The van der Waals surface area contributed by atoms with Crippen LogP contribution in [0.15, 0.2) is 48.0 Å². The Bertz CT molecular complexity index is 594. The van der Waals surface area contributed by atoms with Crippen LogP contribution in [0.5, 0.6) is 0 Å². The number of likely N-dealkylation sites (tertiary alicyclic amines) is 1. The van der Waals surface area contributed by atoms with Crippen molar-refractivity contribution in [2.75, 3.05) is 20.1 Å². The van der Waals surface area contributed by atoms with Crippen LogP contribution in [0.1, 0.15) is 12.8 Å². The Morgan fingerprint density at radius 3 is 2.70 bits per heavy atom. The van der Waals surface area contributed by atoms with Gasteiger partial charge in [0.1, 0.15) is 0 Å². The van der Waals surface area contributed by atoms with Gasteiger partial charge in [-0.3, -0.25) is 4.90 Å². The maximum Gasteiger partial charge on any atom is 0.425 e. The summed E-state index contributed by atoms with van der Waals surface area (Å²) in [6.45, 7) is 1.73. The van der Waals surface area contributed by atoms with Gasteiger partial charge in [-0.1, -0.05) is 12.2 Å². The molecule has 3 rings (SSSR count). The largest absolute Gasteiger partial charge is 0.425 e. The first kappa shape index (κ1) is 16.6. The van der Waals surface area contributed by atoms with Gasteiger partial charge in [0.2, 0.25) is 4.45 Å². The number of alkyl halides is 4. The first-order valence-electron chi connectivity index (χ1n) is 7.58. The molecular formula is C16H19BrF3N3. The lowest BCUT2D eigenvalue weighted by atomic mass is 10.0. The van der Waals surface area contributed by atoms with E-state index in [-0.39, 0.29) is 0 Å². The predicted molar refractivity (Wildman–Crippen MR) is 87.7 cm³/mol. The van der Waals surface area contributed by atoms with Crippen LogP contribution < -0.4 is 5.32 Å². The van der Waals surface area contributed by atoms with Gasteiger partial charge in [0.15, 0.2) is 0 Å². The van der Waals surface area contributed by atoms with Gasteiger partial charge in [-0.25, -0.2) is 0 Å². The van der Waals surface area contributed by atoms with Gasteiger partial charge in [-0.15, -0.1) is 0 Å². The fraction of sp³-hybridized carbons (Fsp3) is 0.500. The molecule has 3 aliphatic rings. The molecule has 0 aromatic rings. The minimum Gasteiger partial charge on any atom is -0.364 e. The zero-order valence-electron chi connectivity index (χ0n) is 12.8. The van der Waals surface area contributed by atoms with Gasteiger partial charge in [0.25, 0.3) is 0 Å². The Morgan fingerprint density at radius 2 is 2.13 bits per heavy atom. The smallest absolute Gasteiger partial charge is 0.364 e. The van der Waals surface area contributed by atoms with Crippen LogP contribution in [0.2, 0.25) is 0 Å². The van der Waals surface area contributed by atoms with Gasteiger partial charge in [-0.2, -0.15) is 13.2 Å². The van der Waals surface area contributed by atoms with Crippen molar-refractivity contribution in [3.8, 4) is 0 Å². The number of rotatable bonds is 2. The zero-order valence-corrected chi connectivity index (χ0v) is 14.4. The second-order valence-corrected chi connectivity index (χ2v) is 7.33. The number of allylic oxidation sites excluding steroid dienone is 1. The summed E-state index contributed by atoms with van der Waals surface area (Å²) in [5.41, 5.74) is 1.92. The van der Waals surface area contributed by atoms with E-state index in [0.717, 1.165) is 19.0 Å². The summed E-state index contributed by atoms with van der Waals surface area (Å²) in [7, 11) is 2.11. The van der Waals surface area contributed by atoms with E-state index >= 15 is 0 Å². The normalized spacial score (nSPS) is 31.9. The van der Waals surface area contributed by atoms with Crippen LogP contribution in [-0.4, -0.2) is 46.6 Å². The number of hydrogen-bond donors (Lipinski definition) is 1. The van der Waals surface area contributed by atoms with E-state index in [1.807, 2.05) is 11.1 Å². The molecule has 2 atom stereocenters. The second kappa shape index (κ2) is 6.02. The summed E-state index contributed by atoms with van der Waals surface area (Å²) in [5.74, 6) is 0. The molecule has 0 aliphatic carbocycles. The molecule has 1 fully saturated rings. The third-order valence-corrected chi connectivity index (χ3v) is 5.42. The number of hydrogen-bond acceptors (Lipinski definition) is 3. The van der Waals surface area contributed by atoms with Crippen LogP contribution in [0.3, 0.4) is 0 Å². The summed E-state index contributed by atoms with van der Waals surface area (Å²) in [6, 6.07) is 0.389. The molecule has 1 saturated heterocycles. The van der Waals surface area contributed by atoms with Crippen molar-refractivity contribution in [2.45, 2.75) is 29.5 Å². The molecule has 0 aromatic heterocycles. The molecule has 1 N–H and O–H groups in total. The molecule has 0 aromatic carbocycles. The van der Waals surface area contributed by atoms with E-state index in [1.54, 1.807) is 0 Å². The van der Waals surface area contributed by atoms with Gasteiger partial charge in [0.05, 0.1) is 5.70 Å². The van der Waals surface area contributed by atoms with Crippen molar-refractivity contribution in [1.82, 2.24) is 15.1 Å². The zero-order chi connectivity index (χ0) is 16.7. The Balaban J connectivity index is 1.75. The quantitative estimate of drug-likeness (QED) is 0.575. The predicted octanol–water partition coefficient (Wildman–Crippen LogP) is 3.49. The lowest BCUT2D eigenvalue weighted by molar-refractivity contribution is -0.150. The van der Waals surface area contributed by atoms with Gasteiger partial charge < -0.3 is 10.2 Å². The summed E-state index contributed by atoms with van der Waals surface area (Å²) in [5, 5.41) is 2.41. The van der Waals surface area contributed by atoms with Crippen molar-refractivity contribution in [1.29, 1.82) is 0 Å². The highest BCUT2D eigenvalue weighted by Gasteiger charge is 2.52. The highest BCUT2D eigenvalue weighted by atomic mass is 79.9. The van der Waals surface area contributed by atoms with Crippen molar-refractivity contribution in [3.63, 3.8) is 0 Å². The third-order valence-electron chi connectivity index (χ3n) is 4.48. The fourth-order valence-electron chi connectivity index (χ4n) is 3.12. The highest BCUT2D eigenvalue weighted by molar-refractivity contribution is 9.10. The highest BCUT2D eigenvalue weighted by Crippen LogP contribution is 2.39. The molecule has 0 amide bonds. The van der Waals surface area contributed by atoms with Crippen molar-refractivity contribution in [3.05, 3.63) is 48.0 Å². The molecule has 7 heteroatoms. The number of dihydropyridines is 1. The average molecular weight is 390 g/mol. The standard InChI is InChI=1S/C16H19BrF3N3/c1-22-8-3-5-14(22)12-4-2-9-23(11-12)13-6-7-15(17,21-10-13)16(18,19)20/h2,4,6-7,10-11,14,21H,3,5,8-9H2,1H3. The lowest BCUT2D eigenvalue weighted by Gasteiger charge is -2.34. The van der Waals surface area contributed by atoms with Crippen LogP contribution in [0, 0.1) is 0 Å². The maximum absolute atomic E-state index is 13.0. The SMILES string of the molecule is CN1CCCC1C1=CN(C2=CNC(Br)(C(F)(F)F)C=C2)CC=C1. The molecule has 23 heavy (non-hydrogen) atoms. The lowest BCUT2D eigenvalue weighted by Crippen LogP contribution is -2.49. The van der Waals surface area contributed by atoms with Crippen molar-refractivity contribution < 1.29 is 13.2 Å². The van der Waals surface area contributed by atoms with Gasteiger partial charge in [-0.05, 0) is 60.1 Å². The fourth-order valence-corrected chi connectivity index (χ4v) is 3.36. The summed E-state index contributed by atoms with van der Waals surface area (Å²) in [4.78, 5) is 4.28. The van der Waals surface area contributed by atoms with E-state index < -0.39 is 10.6 Å². The van der Waals surface area contributed by atoms with E-state index in [0.29, 0.717) is 18.3 Å². The molecule has 0 saturated carbocycles. The maximum atomic E-state index is 13.0. The van der Waals surface area contributed by atoms with E-state index in [9.17, 15) is 13.2 Å². The number of likely N-dealkylation sites (N-methyl/N-ethyl adjacent to an activating group) is 1. The molecular weight excluding hydrogens is 371 g/mol. The Hall–Kier alpha value is -1.21. The first-order valence-corrected chi connectivity index (χ1v) is 8.37. The van der Waals surface area contributed by atoms with Crippen LogP contribution in [0.25, 0.3) is 0 Å². The molecule has 3 nitrogen and oxygen atoms in total. The topological polar surface area (TPSA) is 18.5 Å². The summed E-state index contributed by atoms with van der Waals surface area (Å²) in [6.07, 6.45) is 8.12. The number of nitrogens with one attached hydrogen (secondary N) is 1. The Labute approximate surface area is 142 Å². The van der Waals surface area contributed by atoms with Crippen molar-refractivity contribution >= 4 is 15.9 Å². The molecule has 0 bridgehead atoms. The Morgan fingerprint density at radius 1 is 1.35 bits per heavy atom. The minimum absolute atomic E-state index is 0.389. The number of halogens is 4. The van der Waals surface area contributed by atoms with Crippen LogP contribution in [-0.2, 0) is 0 Å². The minimum atomic E-state index is -4.40. The third kappa shape index (κ3) is 3.21. The van der Waals surface area contributed by atoms with Crippen molar-refractivity contribution in [2.24, 2.45) is 0 Å². The molecule has 0 radical (unpaired) electrons. The molecule has 2 unspecified atom stereocenters. The molecule has 3 heterocycles. The van der Waals surface area contributed by atoms with E-state index in [1.165, 1.54) is 24.3 Å². The summed E-state index contributed by atoms with van der Waals surface area (Å²) < 4.78 is 36.7. The number of nitrogens with zero attached hydrogens (tertiary/aromatic N) is 2. The van der Waals surface area contributed by atoms with Gasteiger partial charge >= 0.3 is 6.18 Å². The second-order valence-electron chi connectivity index (χ2n) is 6.08.